The van der Waals surface area contributed by atoms with E-state index in [4.69, 9.17) is 11.6 Å². The van der Waals surface area contributed by atoms with Gasteiger partial charge in [0, 0.05) is 7.05 Å². The van der Waals surface area contributed by atoms with E-state index in [1.54, 1.807) is 19.2 Å². The summed E-state index contributed by atoms with van der Waals surface area (Å²) in [6.45, 7) is 0. The third kappa shape index (κ3) is 1.56. The SMILES string of the molecule is Cn1nncc1C(=O)c1ccc(Cl)s1. The van der Waals surface area contributed by atoms with Crippen LogP contribution in [0.3, 0.4) is 0 Å². The number of ketones is 1. The number of aromatic nitrogens is 3. The normalized spacial score (nSPS) is 10.4. The molecule has 0 unspecified atom stereocenters. The molecule has 0 saturated carbocycles. The zero-order chi connectivity index (χ0) is 10.1. The van der Waals surface area contributed by atoms with Crippen molar-refractivity contribution in [2.45, 2.75) is 0 Å². The molecule has 2 rings (SSSR count). The summed E-state index contributed by atoms with van der Waals surface area (Å²) >= 11 is 6.98. The van der Waals surface area contributed by atoms with Crippen LogP contribution in [0.4, 0.5) is 0 Å². The van der Waals surface area contributed by atoms with Crippen molar-refractivity contribution in [1.82, 2.24) is 15.0 Å². The maximum absolute atomic E-state index is 11.8. The van der Waals surface area contributed by atoms with E-state index in [0.717, 1.165) is 0 Å². The molecule has 0 spiro atoms. The second kappa shape index (κ2) is 3.51. The molecule has 6 heteroatoms. The minimum atomic E-state index is -0.102. The fraction of sp³-hybridized carbons (Fsp3) is 0.125. The van der Waals surface area contributed by atoms with Crippen LogP contribution >= 0.6 is 22.9 Å². The Morgan fingerprint density at radius 2 is 2.36 bits per heavy atom. The molecule has 0 aliphatic carbocycles. The number of rotatable bonds is 2. The van der Waals surface area contributed by atoms with E-state index in [1.165, 1.54) is 22.2 Å². The third-order valence-electron chi connectivity index (χ3n) is 1.74. The Morgan fingerprint density at radius 3 is 2.86 bits per heavy atom. The van der Waals surface area contributed by atoms with E-state index in [9.17, 15) is 4.79 Å². The number of aryl methyl sites for hydroxylation is 1. The zero-order valence-electron chi connectivity index (χ0n) is 7.27. The second-order valence-corrected chi connectivity index (χ2v) is 4.39. The number of hydrogen-bond acceptors (Lipinski definition) is 4. The zero-order valence-corrected chi connectivity index (χ0v) is 8.84. The molecule has 14 heavy (non-hydrogen) atoms. The van der Waals surface area contributed by atoms with Crippen molar-refractivity contribution in [2.75, 3.05) is 0 Å². The molecule has 72 valence electrons. The van der Waals surface area contributed by atoms with Gasteiger partial charge in [-0.15, -0.1) is 16.4 Å². The van der Waals surface area contributed by atoms with Crippen LogP contribution in [-0.4, -0.2) is 20.8 Å². The summed E-state index contributed by atoms with van der Waals surface area (Å²) < 4.78 is 2.04. The van der Waals surface area contributed by atoms with Gasteiger partial charge < -0.3 is 0 Å². The molecule has 4 nitrogen and oxygen atoms in total. The molecular weight excluding hydrogens is 222 g/mol. The third-order valence-corrected chi connectivity index (χ3v) is 2.97. The summed E-state index contributed by atoms with van der Waals surface area (Å²) in [6.07, 6.45) is 1.44. The molecule has 0 radical (unpaired) electrons. The highest BCUT2D eigenvalue weighted by Gasteiger charge is 2.15. The molecule has 0 aliphatic heterocycles. The molecule has 0 aliphatic rings. The van der Waals surface area contributed by atoms with Crippen LogP contribution in [0.5, 0.6) is 0 Å². The van der Waals surface area contributed by atoms with Crippen LogP contribution < -0.4 is 0 Å². The smallest absolute Gasteiger partial charge is 0.222 e. The standard InChI is InChI=1S/C8H6ClN3OS/c1-12-5(4-10-11-12)8(13)6-2-3-7(9)14-6/h2-4H,1H3. The van der Waals surface area contributed by atoms with E-state index in [2.05, 4.69) is 10.3 Å². The van der Waals surface area contributed by atoms with Gasteiger partial charge in [-0.25, -0.2) is 4.68 Å². The topological polar surface area (TPSA) is 47.8 Å². The first-order valence-corrected chi connectivity index (χ1v) is 5.02. The molecule has 0 amide bonds. The van der Waals surface area contributed by atoms with Crippen LogP contribution in [0.25, 0.3) is 0 Å². The van der Waals surface area contributed by atoms with E-state index in [1.807, 2.05) is 0 Å². The maximum Gasteiger partial charge on any atom is 0.222 e. The molecule has 0 N–H and O–H groups in total. The first-order chi connectivity index (χ1) is 6.68. The number of nitrogens with zero attached hydrogens (tertiary/aromatic N) is 3. The summed E-state index contributed by atoms with van der Waals surface area (Å²) in [5, 5.41) is 7.33. The first-order valence-electron chi connectivity index (χ1n) is 3.83. The average molecular weight is 228 g/mol. The fourth-order valence-electron chi connectivity index (χ4n) is 1.06. The van der Waals surface area contributed by atoms with Gasteiger partial charge in [0.1, 0.15) is 5.69 Å². The van der Waals surface area contributed by atoms with Crippen LogP contribution in [-0.2, 0) is 7.05 Å². The van der Waals surface area contributed by atoms with Gasteiger partial charge in [0.25, 0.3) is 0 Å². The Bertz CT molecular complexity index is 476. The Hall–Kier alpha value is -1.20. The van der Waals surface area contributed by atoms with Crippen molar-refractivity contribution in [3.05, 3.63) is 33.2 Å². The number of carbonyl (C=O) groups excluding carboxylic acids is 1. The minimum Gasteiger partial charge on any atom is -0.286 e. The first kappa shape index (κ1) is 9.36. The van der Waals surface area contributed by atoms with Gasteiger partial charge in [0.05, 0.1) is 15.4 Å². The number of hydrogen-bond donors (Lipinski definition) is 0. The van der Waals surface area contributed by atoms with Gasteiger partial charge >= 0.3 is 0 Å². The summed E-state index contributed by atoms with van der Waals surface area (Å²) in [4.78, 5) is 12.4. The van der Waals surface area contributed by atoms with E-state index in [0.29, 0.717) is 14.9 Å². The lowest BCUT2D eigenvalue weighted by Gasteiger charge is -1.95. The van der Waals surface area contributed by atoms with Gasteiger partial charge in [0.2, 0.25) is 5.78 Å². The quantitative estimate of drug-likeness (QED) is 0.735. The molecule has 0 atom stereocenters. The van der Waals surface area contributed by atoms with Crippen LogP contribution in [0.2, 0.25) is 4.34 Å². The highest BCUT2D eigenvalue weighted by atomic mass is 35.5. The number of halogens is 1. The van der Waals surface area contributed by atoms with Crippen molar-refractivity contribution in [3.8, 4) is 0 Å². The predicted molar refractivity (Wildman–Crippen MR) is 53.8 cm³/mol. The van der Waals surface area contributed by atoms with Crippen molar-refractivity contribution < 1.29 is 4.79 Å². The Labute approximate surface area is 89.1 Å². The van der Waals surface area contributed by atoms with Crippen molar-refractivity contribution in [2.24, 2.45) is 7.05 Å². The summed E-state index contributed by atoms with van der Waals surface area (Å²) in [5.41, 5.74) is 0.462. The van der Waals surface area contributed by atoms with Crippen molar-refractivity contribution >= 4 is 28.7 Å². The molecular formula is C8H6ClN3OS. The number of thiophene rings is 1. The van der Waals surface area contributed by atoms with Gasteiger partial charge in [-0.05, 0) is 12.1 Å². The molecule has 0 aromatic carbocycles. The van der Waals surface area contributed by atoms with Gasteiger partial charge in [-0.2, -0.15) is 0 Å². The van der Waals surface area contributed by atoms with E-state index in [-0.39, 0.29) is 5.78 Å². The van der Waals surface area contributed by atoms with Gasteiger partial charge in [0.15, 0.2) is 0 Å². The molecule has 0 fully saturated rings. The largest absolute Gasteiger partial charge is 0.286 e. The maximum atomic E-state index is 11.8. The lowest BCUT2D eigenvalue weighted by molar-refractivity contribution is 0.103. The second-order valence-electron chi connectivity index (χ2n) is 2.68. The van der Waals surface area contributed by atoms with Crippen molar-refractivity contribution in [3.63, 3.8) is 0 Å². The monoisotopic (exact) mass is 227 g/mol. The van der Waals surface area contributed by atoms with Crippen LogP contribution in [0, 0.1) is 0 Å². The predicted octanol–water partition coefficient (Wildman–Crippen LogP) is 1.76. The Kier molecular flexibility index (Phi) is 2.35. The molecule has 0 bridgehead atoms. The number of carbonyl (C=O) groups is 1. The van der Waals surface area contributed by atoms with Gasteiger partial charge in [-0.3, -0.25) is 4.79 Å². The lowest BCUT2D eigenvalue weighted by Crippen LogP contribution is -2.06. The summed E-state index contributed by atoms with van der Waals surface area (Å²) in [5.74, 6) is -0.102. The van der Waals surface area contributed by atoms with Crippen molar-refractivity contribution in [1.29, 1.82) is 0 Å². The van der Waals surface area contributed by atoms with E-state index >= 15 is 0 Å². The molecule has 2 heterocycles. The Balaban J connectivity index is 2.38. The summed E-state index contributed by atoms with van der Waals surface area (Å²) in [7, 11) is 1.68. The fourth-order valence-corrected chi connectivity index (χ4v) is 2.05. The van der Waals surface area contributed by atoms with E-state index < -0.39 is 0 Å². The molecule has 0 saturated heterocycles. The molecule has 2 aromatic rings. The highest BCUT2D eigenvalue weighted by Crippen LogP contribution is 2.23. The van der Waals surface area contributed by atoms with Crippen LogP contribution in [0.15, 0.2) is 18.3 Å². The average Bonchev–Trinajstić information content (AvgIpc) is 2.73. The van der Waals surface area contributed by atoms with Crippen LogP contribution in [0.1, 0.15) is 15.4 Å². The highest BCUT2D eigenvalue weighted by molar-refractivity contribution is 7.18. The Morgan fingerprint density at radius 1 is 1.57 bits per heavy atom. The van der Waals surface area contributed by atoms with Gasteiger partial charge in [-0.1, -0.05) is 16.8 Å². The lowest BCUT2D eigenvalue weighted by atomic mass is 10.2. The minimum absolute atomic E-state index is 0.102. The summed E-state index contributed by atoms with van der Waals surface area (Å²) in [6, 6.07) is 3.39. The molecule has 2 aromatic heterocycles.